The fraction of sp³-hybridized carbons (Fsp3) is 0.542. The van der Waals surface area contributed by atoms with Gasteiger partial charge in [0.25, 0.3) is 0 Å². The van der Waals surface area contributed by atoms with E-state index in [-0.39, 0.29) is 16.8 Å². The van der Waals surface area contributed by atoms with Crippen molar-refractivity contribution in [2.45, 2.75) is 70.8 Å². The van der Waals surface area contributed by atoms with Crippen LogP contribution in [0, 0.1) is 24.6 Å². The van der Waals surface area contributed by atoms with Crippen LogP contribution in [-0.4, -0.2) is 0 Å². The highest BCUT2D eigenvalue weighted by Crippen LogP contribution is 2.72. The van der Waals surface area contributed by atoms with Crippen molar-refractivity contribution < 1.29 is 8.96 Å². The molecule has 0 amide bonds. The Morgan fingerprint density at radius 3 is 2.69 bits per heavy atom. The molecule has 1 nitrogen and oxygen atoms in total. The van der Waals surface area contributed by atoms with Gasteiger partial charge in [0.2, 0.25) is 5.69 Å². The Kier molecular flexibility index (Phi) is 3.28. The van der Waals surface area contributed by atoms with Crippen molar-refractivity contribution in [1.82, 2.24) is 0 Å². The lowest BCUT2D eigenvalue weighted by molar-refractivity contribution is -0.772. The Morgan fingerprint density at radius 1 is 1.19 bits per heavy atom. The summed E-state index contributed by atoms with van der Waals surface area (Å²) in [4.78, 5) is 0. The van der Waals surface area contributed by atoms with E-state index < -0.39 is 0 Å². The summed E-state index contributed by atoms with van der Waals surface area (Å²) in [6, 6.07) is 8.06. The number of nitrogens with zero attached hydrogens (tertiary/aromatic N) is 1. The van der Waals surface area contributed by atoms with Crippen molar-refractivity contribution in [2.75, 3.05) is 0 Å². The molecule has 1 aliphatic heterocycles. The van der Waals surface area contributed by atoms with Crippen LogP contribution in [0.4, 0.5) is 4.39 Å². The SMILES string of the molecule is CCc1cc(C)c[n+]2c1-c1cccc(F)c1C1(CC)CC3CC3C21CC. The molecule has 4 unspecified atom stereocenters. The Labute approximate surface area is 156 Å². The summed E-state index contributed by atoms with van der Waals surface area (Å²) in [5, 5.41) is 0. The van der Waals surface area contributed by atoms with Crippen LogP contribution >= 0.6 is 0 Å². The second-order valence-electron chi connectivity index (χ2n) is 8.80. The molecule has 2 saturated carbocycles. The van der Waals surface area contributed by atoms with Gasteiger partial charge in [-0.1, -0.05) is 26.8 Å². The van der Waals surface area contributed by atoms with Gasteiger partial charge < -0.3 is 0 Å². The molecular formula is C24H29FN+. The van der Waals surface area contributed by atoms with E-state index in [0.717, 1.165) is 42.7 Å². The largest absolute Gasteiger partial charge is 0.216 e. The molecule has 1 aromatic carbocycles. The standard InChI is InChI=1S/C24H29FN/c1-5-16-11-15(4)14-26-22(16)18-9-8-10-20(25)21(18)23(6-2)13-17-12-19(17)24(23,26)7-3/h8-11,14,17,19H,5-7,12-13H2,1-4H3/q+1. The second kappa shape index (κ2) is 5.18. The quantitative estimate of drug-likeness (QED) is 0.647. The molecule has 26 heavy (non-hydrogen) atoms. The van der Waals surface area contributed by atoms with Crippen molar-refractivity contribution >= 4 is 0 Å². The normalized spacial score (nSPS) is 33.3. The number of pyridine rings is 1. The Hall–Kier alpha value is -1.70. The van der Waals surface area contributed by atoms with Crippen LogP contribution in [0.1, 0.15) is 63.1 Å². The number of fused-ring (bicyclic) bond motifs is 8. The third kappa shape index (κ3) is 1.65. The average molecular weight is 351 g/mol. The molecule has 0 radical (unpaired) electrons. The summed E-state index contributed by atoms with van der Waals surface area (Å²) in [6.07, 6.45) is 7.93. The molecule has 0 N–H and O–H groups in total. The maximum absolute atomic E-state index is 15.4. The average Bonchev–Trinajstić information content (AvgIpc) is 3.34. The summed E-state index contributed by atoms with van der Waals surface area (Å²) in [7, 11) is 0. The van der Waals surface area contributed by atoms with Crippen molar-refractivity contribution in [3.8, 4) is 11.3 Å². The molecule has 2 fully saturated rings. The van der Waals surface area contributed by atoms with Gasteiger partial charge in [-0.15, -0.1) is 0 Å². The predicted octanol–water partition coefficient (Wildman–Crippen LogP) is 5.46. The lowest BCUT2D eigenvalue weighted by atomic mass is 9.58. The van der Waals surface area contributed by atoms with E-state index in [2.05, 4.69) is 50.6 Å². The molecule has 3 aliphatic rings. The fourth-order valence-electron chi connectivity index (χ4n) is 7.06. The van der Waals surface area contributed by atoms with Crippen LogP contribution in [0.15, 0.2) is 30.5 Å². The Morgan fingerprint density at radius 2 is 2.00 bits per heavy atom. The first-order valence-corrected chi connectivity index (χ1v) is 10.4. The molecule has 2 heteroatoms. The summed E-state index contributed by atoms with van der Waals surface area (Å²) in [6.45, 7) is 9.06. The van der Waals surface area contributed by atoms with Gasteiger partial charge in [-0.05, 0) is 56.7 Å². The van der Waals surface area contributed by atoms with Gasteiger partial charge in [0.15, 0.2) is 11.7 Å². The molecular weight excluding hydrogens is 321 g/mol. The van der Waals surface area contributed by atoms with Crippen molar-refractivity contribution in [2.24, 2.45) is 11.8 Å². The van der Waals surface area contributed by atoms with Gasteiger partial charge in [-0.2, -0.15) is 4.57 Å². The highest BCUT2D eigenvalue weighted by Gasteiger charge is 2.77. The third-order valence-electron chi connectivity index (χ3n) is 7.96. The molecule has 136 valence electrons. The number of rotatable bonds is 3. The minimum atomic E-state index is -0.0630. The molecule has 0 saturated heterocycles. The Balaban J connectivity index is 1.98. The van der Waals surface area contributed by atoms with Crippen LogP contribution < -0.4 is 4.57 Å². The van der Waals surface area contributed by atoms with E-state index in [0.29, 0.717) is 5.92 Å². The monoisotopic (exact) mass is 350 g/mol. The summed E-state index contributed by atoms with van der Waals surface area (Å²) >= 11 is 0. The van der Waals surface area contributed by atoms with Crippen LogP contribution in [0.5, 0.6) is 0 Å². The van der Waals surface area contributed by atoms with E-state index in [1.54, 1.807) is 6.07 Å². The molecule has 4 atom stereocenters. The number of hydrogen-bond acceptors (Lipinski definition) is 0. The first-order valence-electron chi connectivity index (χ1n) is 10.4. The molecule has 2 aliphatic carbocycles. The first-order chi connectivity index (χ1) is 12.5. The van der Waals surface area contributed by atoms with Gasteiger partial charge in [0.1, 0.15) is 5.82 Å². The molecule has 1 aromatic heterocycles. The van der Waals surface area contributed by atoms with E-state index >= 15 is 4.39 Å². The zero-order valence-corrected chi connectivity index (χ0v) is 16.4. The van der Waals surface area contributed by atoms with Crippen LogP contribution in [0.25, 0.3) is 11.3 Å². The summed E-state index contributed by atoms with van der Waals surface area (Å²) < 4.78 is 18.0. The second-order valence-corrected chi connectivity index (χ2v) is 8.80. The topological polar surface area (TPSA) is 3.88 Å². The Bertz CT molecular complexity index is 917. The predicted molar refractivity (Wildman–Crippen MR) is 103 cm³/mol. The summed E-state index contributed by atoms with van der Waals surface area (Å²) in [5.74, 6) is 1.49. The van der Waals surface area contributed by atoms with Crippen LogP contribution in [0.3, 0.4) is 0 Å². The zero-order valence-electron chi connectivity index (χ0n) is 16.4. The van der Waals surface area contributed by atoms with Crippen LogP contribution in [-0.2, 0) is 17.4 Å². The van der Waals surface area contributed by atoms with Gasteiger partial charge in [-0.25, -0.2) is 4.39 Å². The maximum atomic E-state index is 15.4. The number of benzene rings is 1. The molecule has 0 spiro atoms. The van der Waals surface area contributed by atoms with E-state index in [1.807, 2.05) is 6.07 Å². The van der Waals surface area contributed by atoms with E-state index in [4.69, 9.17) is 0 Å². The maximum Gasteiger partial charge on any atom is 0.216 e. The molecule has 0 bridgehead atoms. The first kappa shape index (κ1) is 16.5. The van der Waals surface area contributed by atoms with Crippen molar-refractivity contribution in [1.29, 1.82) is 0 Å². The van der Waals surface area contributed by atoms with E-state index in [1.165, 1.54) is 23.2 Å². The molecule has 5 rings (SSSR count). The zero-order chi connectivity index (χ0) is 18.3. The molecule has 2 heterocycles. The van der Waals surface area contributed by atoms with Gasteiger partial charge in [-0.3, -0.25) is 0 Å². The third-order valence-corrected chi connectivity index (χ3v) is 7.96. The van der Waals surface area contributed by atoms with Crippen LogP contribution in [0.2, 0.25) is 0 Å². The summed E-state index contributed by atoms with van der Waals surface area (Å²) in [5.41, 5.74) is 6.11. The number of aryl methyl sites for hydroxylation is 2. The van der Waals surface area contributed by atoms with Crippen molar-refractivity contribution in [3.05, 3.63) is 53.0 Å². The number of halogens is 1. The number of aromatic nitrogens is 1. The van der Waals surface area contributed by atoms with Gasteiger partial charge in [0, 0.05) is 29.0 Å². The van der Waals surface area contributed by atoms with Gasteiger partial charge >= 0.3 is 0 Å². The molecule has 2 aromatic rings. The van der Waals surface area contributed by atoms with Gasteiger partial charge in [0.05, 0.1) is 11.0 Å². The smallest absolute Gasteiger partial charge is 0.207 e. The number of hydrogen-bond donors (Lipinski definition) is 0. The minimum absolute atomic E-state index is 0.0114. The lowest BCUT2D eigenvalue weighted by Crippen LogP contribution is -2.70. The van der Waals surface area contributed by atoms with E-state index in [9.17, 15) is 0 Å². The highest BCUT2D eigenvalue weighted by atomic mass is 19.1. The highest BCUT2D eigenvalue weighted by molar-refractivity contribution is 5.69. The fourth-order valence-corrected chi connectivity index (χ4v) is 7.06. The lowest BCUT2D eigenvalue weighted by Gasteiger charge is -2.48. The minimum Gasteiger partial charge on any atom is -0.207 e. The van der Waals surface area contributed by atoms with Crippen molar-refractivity contribution in [3.63, 3.8) is 0 Å².